The van der Waals surface area contributed by atoms with Crippen molar-refractivity contribution in [2.45, 2.75) is 39.0 Å². The summed E-state index contributed by atoms with van der Waals surface area (Å²) in [6, 6.07) is 5.24. The van der Waals surface area contributed by atoms with Gasteiger partial charge < -0.3 is 19.5 Å². The Morgan fingerprint density at radius 2 is 1.68 bits per heavy atom. The third kappa shape index (κ3) is 6.35. The van der Waals surface area contributed by atoms with Gasteiger partial charge in [0.05, 0.1) is 20.8 Å². The van der Waals surface area contributed by atoms with Gasteiger partial charge in [0.25, 0.3) is 0 Å². The second-order valence-electron chi connectivity index (χ2n) is 5.06. The lowest BCUT2D eigenvalue weighted by atomic mass is 10.1. The molecule has 0 fully saturated rings. The molecule has 0 bridgehead atoms. The number of ether oxygens (including phenoxy) is 3. The number of hydrogen-bond donors (Lipinski definition) is 1. The van der Waals surface area contributed by atoms with E-state index in [1.807, 2.05) is 0 Å². The van der Waals surface area contributed by atoms with Crippen LogP contribution in [-0.4, -0.2) is 33.3 Å². The van der Waals surface area contributed by atoms with Crippen LogP contribution in [0.15, 0.2) is 18.2 Å². The van der Waals surface area contributed by atoms with Crippen LogP contribution < -0.4 is 19.5 Å². The smallest absolute Gasteiger partial charge is 0.325 e. The van der Waals surface area contributed by atoms with E-state index in [-0.39, 0.29) is 12.5 Å². The monoisotopic (exact) mass is 309 g/mol. The van der Waals surface area contributed by atoms with Gasteiger partial charge in [-0.2, -0.15) is 0 Å². The largest absolute Gasteiger partial charge is 0.493 e. The van der Waals surface area contributed by atoms with Gasteiger partial charge in [0.15, 0.2) is 11.5 Å². The summed E-state index contributed by atoms with van der Waals surface area (Å²) in [6.45, 7) is 3.19. The van der Waals surface area contributed by atoms with Gasteiger partial charge in [-0.05, 0) is 25.1 Å². The first-order valence-electron chi connectivity index (χ1n) is 7.85. The Labute approximate surface area is 132 Å². The minimum atomic E-state index is -0.351. The molecule has 1 aromatic rings. The highest BCUT2D eigenvalue weighted by Crippen LogP contribution is 2.36. The van der Waals surface area contributed by atoms with Gasteiger partial charge in [-0.25, -0.2) is 0 Å². The molecule has 0 aliphatic rings. The minimum absolute atomic E-state index is 0.176. The number of para-hydroxylation sites is 1. The zero-order valence-corrected chi connectivity index (χ0v) is 13.8. The minimum Gasteiger partial charge on any atom is -0.493 e. The van der Waals surface area contributed by atoms with Crippen molar-refractivity contribution < 1.29 is 19.0 Å². The molecule has 0 aliphatic carbocycles. The molecule has 0 amide bonds. The van der Waals surface area contributed by atoms with Gasteiger partial charge in [0.2, 0.25) is 5.75 Å². The van der Waals surface area contributed by atoms with E-state index >= 15 is 0 Å². The maximum atomic E-state index is 11.9. The third-order valence-electron chi connectivity index (χ3n) is 3.32. The first kappa shape index (κ1) is 18.3. The Kier molecular flexibility index (Phi) is 9.07. The number of unbranched alkanes of at least 4 members (excludes halogenated alkanes) is 4. The van der Waals surface area contributed by atoms with Crippen molar-refractivity contribution in [2.75, 3.05) is 27.3 Å². The van der Waals surface area contributed by atoms with Gasteiger partial charge in [0, 0.05) is 0 Å². The molecule has 0 saturated heterocycles. The fourth-order valence-electron chi connectivity index (χ4n) is 2.11. The first-order chi connectivity index (χ1) is 10.7. The molecule has 0 aliphatic heterocycles. The van der Waals surface area contributed by atoms with Crippen LogP contribution in [0.5, 0.6) is 17.2 Å². The second-order valence-corrected chi connectivity index (χ2v) is 5.06. The van der Waals surface area contributed by atoms with Crippen molar-refractivity contribution >= 4 is 5.97 Å². The lowest BCUT2D eigenvalue weighted by Gasteiger charge is -2.13. The number of methoxy groups -OCH3 is 2. The maximum absolute atomic E-state index is 11.9. The molecule has 0 unspecified atom stereocenters. The van der Waals surface area contributed by atoms with E-state index in [0.717, 1.165) is 13.0 Å². The molecule has 1 aromatic carbocycles. The van der Waals surface area contributed by atoms with E-state index in [2.05, 4.69) is 12.2 Å². The molecular weight excluding hydrogens is 282 g/mol. The molecule has 1 N–H and O–H groups in total. The van der Waals surface area contributed by atoms with Gasteiger partial charge in [-0.1, -0.05) is 38.7 Å². The molecule has 0 atom stereocenters. The number of esters is 1. The van der Waals surface area contributed by atoms with Crippen LogP contribution in [0, 0.1) is 0 Å². The second kappa shape index (κ2) is 10.9. The summed E-state index contributed by atoms with van der Waals surface area (Å²) < 4.78 is 15.7. The van der Waals surface area contributed by atoms with Crippen molar-refractivity contribution in [3.63, 3.8) is 0 Å². The molecular formula is C17H27NO4. The number of benzene rings is 1. The van der Waals surface area contributed by atoms with Crippen molar-refractivity contribution in [1.29, 1.82) is 0 Å². The van der Waals surface area contributed by atoms with Crippen LogP contribution >= 0.6 is 0 Å². The molecule has 0 heterocycles. The van der Waals surface area contributed by atoms with Crippen molar-refractivity contribution in [1.82, 2.24) is 5.32 Å². The number of carbonyl (C=O) groups is 1. The number of rotatable bonds is 11. The van der Waals surface area contributed by atoms with Gasteiger partial charge in [0.1, 0.15) is 0 Å². The van der Waals surface area contributed by atoms with Crippen LogP contribution in [0.1, 0.15) is 39.0 Å². The highest BCUT2D eigenvalue weighted by atomic mass is 16.6. The Bertz CT molecular complexity index is 426. The third-order valence-corrected chi connectivity index (χ3v) is 3.32. The predicted octanol–water partition coefficient (Wildman–Crippen LogP) is 3.17. The lowest BCUT2D eigenvalue weighted by Crippen LogP contribution is -2.27. The number of nitrogens with one attached hydrogen (secondary N) is 1. The average molecular weight is 309 g/mol. The van der Waals surface area contributed by atoms with Crippen molar-refractivity contribution in [2.24, 2.45) is 0 Å². The Morgan fingerprint density at radius 1 is 1.05 bits per heavy atom. The molecule has 124 valence electrons. The first-order valence-corrected chi connectivity index (χ1v) is 7.85. The molecule has 0 spiro atoms. The fourth-order valence-corrected chi connectivity index (χ4v) is 2.11. The van der Waals surface area contributed by atoms with Crippen molar-refractivity contribution in [3.05, 3.63) is 18.2 Å². The summed E-state index contributed by atoms with van der Waals surface area (Å²) in [7, 11) is 3.06. The summed E-state index contributed by atoms with van der Waals surface area (Å²) in [5, 5.41) is 3.10. The molecule has 0 aromatic heterocycles. The Balaban J connectivity index is 2.36. The summed E-state index contributed by atoms with van der Waals surface area (Å²) in [5.41, 5.74) is 0. The maximum Gasteiger partial charge on any atom is 0.325 e. The van der Waals surface area contributed by atoms with Gasteiger partial charge in [-0.3, -0.25) is 4.79 Å². The van der Waals surface area contributed by atoms with E-state index in [1.54, 1.807) is 18.2 Å². The topological polar surface area (TPSA) is 56.8 Å². The van der Waals surface area contributed by atoms with Crippen LogP contribution in [0.3, 0.4) is 0 Å². The van der Waals surface area contributed by atoms with Crippen LogP contribution in [0.25, 0.3) is 0 Å². The summed E-state index contributed by atoms with van der Waals surface area (Å²) in [5.74, 6) is 0.929. The standard InChI is InChI=1S/C17H27NO4/c1-4-5-6-7-8-12-18-13-16(19)22-17-14(20-2)10-9-11-15(17)21-3/h9-11,18H,4-8,12-13H2,1-3H3. The normalized spacial score (nSPS) is 10.3. The zero-order chi connectivity index (χ0) is 16.2. The Hall–Kier alpha value is -1.75. The fraction of sp³-hybridized carbons (Fsp3) is 0.588. The number of hydrogen-bond acceptors (Lipinski definition) is 5. The lowest BCUT2D eigenvalue weighted by molar-refractivity contribution is -0.133. The quantitative estimate of drug-likeness (QED) is 0.386. The molecule has 0 saturated carbocycles. The van der Waals surface area contributed by atoms with Crippen LogP contribution in [-0.2, 0) is 4.79 Å². The van der Waals surface area contributed by atoms with Gasteiger partial charge in [-0.15, -0.1) is 0 Å². The van der Waals surface area contributed by atoms with E-state index in [4.69, 9.17) is 14.2 Å². The van der Waals surface area contributed by atoms with E-state index < -0.39 is 0 Å². The molecule has 1 rings (SSSR count). The SMILES string of the molecule is CCCCCCCNCC(=O)Oc1c(OC)cccc1OC. The highest BCUT2D eigenvalue weighted by molar-refractivity contribution is 5.76. The van der Waals surface area contributed by atoms with Crippen LogP contribution in [0.2, 0.25) is 0 Å². The predicted molar refractivity (Wildman–Crippen MR) is 86.8 cm³/mol. The number of carbonyl (C=O) groups excluding carboxylic acids is 1. The highest BCUT2D eigenvalue weighted by Gasteiger charge is 2.15. The average Bonchev–Trinajstić information content (AvgIpc) is 2.54. The summed E-state index contributed by atoms with van der Waals surface area (Å²) in [4.78, 5) is 11.9. The van der Waals surface area contributed by atoms with E-state index in [1.165, 1.54) is 39.9 Å². The zero-order valence-electron chi connectivity index (χ0n) is 13.8. The van der Waals surface area contributed by atoms with E-state index in [0.29, 0.717) is 17.2 Å². The summed E-state index contributed by atoms with van der Waals surface area (Å²) >= 11 is 0. The molecule has 5 nitrogen and oxygen atoms in total. The molecule has 5 heteroatoms. The molecule has 22 heavy (non-hydrogen) atoms. The van der Waals surface area contributed by atoms with Crippen molar-refractivity contribution in [3.8, 4) is 17.2 Å². The Morgan fingerprint density at radius 3 is 2.27 bits per heavy atom. The molecule has 0 radical (unpaired) electrons. The summed E-state index contributed by atoms with van der Waals surface area (Å²) in [6.07, 6.45) is 6.03. The van der Waals surface area contributed by atoms with Gasteiger partial charge >= 0.3 is 5.97 Å². The van der Waals surface area contributed by atoms with Crippen LogP contribution in [0.4, 0.5) is 0 Å². The van der Waals surface area contributed by atoms with E-state index in [9.17, 15) is 4.79 Å².